The maximum absolute atomic E-state index is 12.5. The SMILES string of the molecule is CC(=O)Nc1ccc(CCOc2ccc3cc(Oc4ccc(CC(=O)Nc5ccccc5C(=O)O)cc4)ccc3c2)cc1. The fourth-order valence-electron chi connectivity index (χ4n) is 4.57. The summed E-state index contributed by atoms with van der Waals surface area (Å²) >= 11 is 0. The van der Waals surface area contributed by atoms with Crippen LogP contribution in [0.4, 0.5) is 11.4 Å². The van der Waals surface area contributed by atoms with Crippen LogP contribution in [0.15, 0.2) is 109 Å². The van der Waals surface area contributed by atoms with E-state index in [1.807, 2.05) is 60.7 Å². The van der Waals surface area contributed by atoms with Crippen LogP contribution in [0.25, 0.3) is 10.8 Å². The minimum absolute atomic E-state index is 0.0434. The number of carbonyl (C=O) groups excluding carboxylic acids is 2. The first-order valence-electron chi connectivity index (χ1n) is 13.7. The summed E-state index contributed by atoms with van der Waals surface area (Å²) in [5.41, 5.74) is 2.97. The highest BCUT2D eigenvalue weighted by atomic mass is 16.5. The van der Waals surface area contributed by atoms with Crippen molar-refractivity contribution in [2.75, 3.05) is 17.2 Å². The Morgan fingerprint density at radius 2 is 1.33 bits per heavy atom. The van der Waals surface area contributed by atoms with E-state index >= 15 is 0 Å². The van der Waals surface area contributed by atoms with Crippen LogP contribution in [-0.2, 0) is 22.4 Å². The van der Waals surface area contributed by atoms with E-state index in [0.29, 0.717) is 18.1 Å². The molecule has 0 unspecified atom stereocenters. The van der Waals surface area contributed by atoms with Crippen molar-refractivity contribution in [2.45, 2.75) is 19.8 Å². The van der Waals surface area contributed by atoms with Crippen molar-refractivity contribution >= 4 is 39.9 Å². The quantitative estimate of drug-likeness (QED) is 0.155. The molecule has 0 fully saturated rings. The van der Waals surface area contributed by atoms with Crippen LogP contribution in [-0.4, -0.2) is 29.5 Å². The van der Waals surface area contributed by atoms with Gasteiger partial charge in [0.05, 0.1) is 24.3 Å². The molecule has 8 heteroatoms. The van der Waals surface area contributed by atoms with Crippen molar-refractivity contribution in [2.24, 2.45) is 0 Å². The summed E-state index contributed by atoms with van der Waals surface area (Å²) in [6.07, 6.45) is 0.840. The molecule has 0 atom stereocenters. The highest BCUT2D eigenvalue weighted by molar-refractivity contribution is 6.01. The molecule has 0 spiro atoms. The first kappa shape index (κ1) is 28.9. The number of aromatic carboxylic acids is 1. The van der Waals surface area contributed by atoms with Crippen molar-refractivity contribution in [1.82, 2.24) is 0 Å². The first-order chi connectivity index (χ1) is 20.8. The molecule has 0 bridgehead atoms. The normalized spacial score (nSPS) is 10.6. The Bertz CT molecular complexity index is 1760. The van der Waals surface area contributed by atoms with E-state index in [-0.39, 0.29) is 29.5 Å². The number of carbonyl (C=O) groups is 3. The fourth-order valence-corrected chi connectivity index (χ4v) is 4.57. The van der Waals surface area contributed by atoms with Gasteiger partial charge in [0.15, 0.2) is 0 Å². The minimum atomic E-state index is -1.10. The lowest BCUT2D eigenvalue weighted by Crippen LogP contribution is -2.16. The molecule has 0 aliphatic carbocycles. The maximum Gasteiger partial charge on any atom is 0.337 e. The topological polar surface area (TPSA) is 114 Å². The number of hydrogen-bond donors (Lipinski definition) is 3. The second kappa shape index (κ2) is 13.4. The van der Waals surface area contributed by atoms with Gasteiger partial charge in [-0.05, 0) is 82.6 Å². The lowest BCUT2D eigenvalue weighted by atomic mass is 10.1. The van der Waals surface area contributed by atoms with Crippen molar-refractivity contribution in [3.63, 3.8) is 0 Å². The third kappa shape index (κ3) is 7.98. The predicted octanol–water partition coefficient (Wildman–Crippen LogP) is 7.09. The maximum atomic E-state index is 12.5. The van der Waals surface area contributed by atoms with Crippen LogP contribution < -0.4 is 20.1 Å². The Balaban J connectivity index is 1.13. The van der Waals surface area contributed by atoms with E-state index in [0.717, 1.165) is 39.8 Å². The van der Waals surface area contributed by atoms with Gasteiger partial charge in [-0.2, -0.15) is 0 Å². The van der Waals surface area contributed by atoms with Crippen molar-refractivity contribution in [3.05, 3.63) is 126 Å². The second-order valence-corrected chi connectivity index (χ2v) is 9.97. The molecule has 5 rings (SSSR count). The molecular weight excluding hydrogens is 544 g/mol. The number of benzene rings is 5. The number of carboxylic acids is 1. The highest BCUT2D eigenvalue weighted by Gasteiger charge is 2.12. The molecule has 216 valence electrons. The van der Waals surface area contributed by atoms with Gasteiger partial charge in [-0.15, -0.1) is 0 Å². The molecule has 5 aromatic carbocycles. The zero-order valence-electron chi connectivity index (χ0n) is 23.5. The zero-order chi connectivity index (χ0) is 30.2. The number of hydrogen-bond acceptors (Lipinski definition) is 5. The molecule has 0 saturated heterocycles. The molecule has 43 heavy (non-hydrogen) atoms. The lowest BCUT2D eigenvalue weighted by molar-refractivity contribution is -0.116. The summed E-state index contributed by atoms with van der Waals surface area (Å²) < 4.78 is 12.0. The van der Waals surface area contributed by atoms with Gasteiger partial charge in [0.25, 0.3) is 0 Å². The number of ether oxygens (including phenoxy) is 2. The Kier molecular flexibility index (Phi) is 8.97. The second-order valence-electron chi connectivity index (χ2n) is 9.97. The average molecular weight is 575 g/mol. The molecule has 2 amide bonds. The monoisotopic (exact) mass is 574 g/mol. The van der Waals surface area contributed by atoms with E-state index in [2.05, 4.69) is 10.6 Å². The number of carboxylic acid groups (broad SMARTS) is 1. The van der Waals surface area contributed by atoms with Crippen molar-refractivity contribution < 1.29 is 29.0 Å². The van der Waals surface area contributed by atoms with E-state index in [4.69, 9.17) is 9.47 Å². The molecule has 0 aliphatic heterocycles. The van der Waals surface area contributed by atoms with Gasteiger partial charge in [-0.25, -0.2) is 4.79 Å². The molecule has 5 aromatic rings. The zero-order valence-corrected chi connectivity index (χ0v) is 23.5. The largest absolute Gasteiger partial charge is 0.493 e. The number of para-hydroxylation sites is 1. The summed E-state index contributed by atoms with van der Waals surface area (Å²) in [4.78, 5) is 35.0. The molecule has 0 aliphatic rings. The van der Waals surface area contributed by atoms with E-state index in [1.54, 1.807) is 42.5 Å². The molecule has 0 radical (unpaired) electrons. The number of fused-ring (bicyclic) bond motifs is 1. The summed E-state index contributed by atoms with van der Waals surface area (Å²) in [6, 6.07) is 33.0. The van der Waals surface area contributed by atoms with Gasteiger partial charge < -0.3 is 25.2 Å². The summed E-state index contributed by atoms with van der Waals surface area (Å²) in [7, 11) is 0. The van der Waals surface area contributed by atoms with E-state index in [1.165, 1.54) is 13.0 Å². The van der Waals surface area contributed by atoms with Gasteiger partial charge in [-0.1, -0.05) is 48.5 Å². The van der Waals surface area contributed by atoms with Crippen LogP contribution in [0.1, 0.15) is 28.4 Å². The highest BCUT2D eigenvalue weighted by Crippen LogP contribution is 2.28. The van der Waals surface area contributed by atoms with Gasteiger partial charge in [0, 0.05) is 19.0 Å². The van der Waals surface area contributed by atoms with Gasteiger partial charge in [0.2, 0.25) is 11.8 Å². The van der Waals surface area contributed by atoms with Crippen LogP contribution in [0.2, 0.25) is 0 Å². The van der Waals surface area contributed by atoms with E-state index in [9.17, 15) is 19.5 Å². The molecule has 0 heterocycles. The first-order valence-corrected chi connectivity index (χ1v) is 13.7. The van der Waals surface area contributed by atoms with E-state index < -0.39 is 5.97 Å². The number of rotatable bonds is 11. The Hall–Kier alpha value is -5.63. The fraction of sp³-hybridized carbons (Fsp3) is 0.114. The van der Waals surface area contributed by atoms with Gasteiger partial charge in [0.1, 0.15) is 17.2 Å². The Morgan fingerprint density at radius 3 is 2.02 bits per heavy atom. The number of amides is 2. The number of nitrogens with one attached hydrogen (secondary N) is 2. The minimum Gasteiger partial charge on any atom is -0.493 e. The summed E-state index contributed by atoms with van der Waals surface area (Å²) in [5.74, 6) is 0.590. The van der Waals surface area contributed by atoms with Crippen LogP contribution in [0.5, 0.6) is 17.2 Å². The van der Waals surface area contributed by atoms with Crippen molar-refractivity contribution in [1.29, 1.82) is 0 Å². The molecule has 3 N–H and O–H groups in total. The van der Waals surface area contributed by atoms with Crippen molar-refractivity contribution in [3.8, 4) is 17.2 Å². The summed E-state index contributed by atoms with van der Waals surface area (Å²) in [6.45, 7) is 2.01. The van der Waals surface area contributed by atoms with Crippen LogP contribution in [0, 0.1) is 0 Å². The summed E-state index contributed by atoms with van der Waals surface area (Å²) in [5, 5.41) is 16.8. The molecule has 8 nitrogen and oxygen atoms in total. The average Bonchev–Trinajstić information content (AvgIpc) is 2.99. The molecular formula is C35H30N2O6. The van der Waals surface area contributed by atoms with Gasteiger partial charge in [-0.3, -0.25) is 9.59 Å². The van der Waals surface area contributed by atoms with Crippen LogP contribution in [0.3, 0.4) is 0 Å². The Morgan fingerprint density at radius 1 is 0.698 bits per heavy atom. The van der Waals surface area contributed by atoms with Gasteiger partial charge >= 0.3 is 5.97 Å². The molecule has 0 aromatic heterocycles. The lowest BCUT2D eigenvalue weighted by Gasteiger charge is -2.11. The number of anilines is 2. The standard InChI is InChI=1S/C35H30N2O6/c1-23(38)36-28-12-6-24(7-13-28)18-19-42-30-16-10-27-22-31(17-11-26(27)21-30)43-29-14-8-25(9-15-29)20-34(39)37-33-5-3-2-4-32(33)35(40)41/h2-17,21-22H,18-20H2,1H3,(H,36,38)(H,37,39)(H,40,41). The van der Waals surface area contributed by atoms with Crippen LogP contribution >= 0.6 is 0 Å². The molecule has 0 saturated carbocycles. The third-order valence-electron chi connectivity index (χ3n) is 6.67. The Labute approximate surface area is 248 Å². The smallest absolute Gasteiger partial charge is 0.337 e. The third-order valence-corrected chi connectivity index (χ3v) is 6.67. The predicted molar refractivity (Wildman–Crippen MR) is 166 cm³/mol.